The first kappa shape index (κ1) is 13.6. The third kappa shape index (κ3) is 4.95. The van der Waals surface area contributed by atoms with Gasteiger partial charge in [0.2, 0.25) is 0 Å². The summed E-state index contributed by atoms with van der Waals surface area (Å²) in [5, 5.41) is 0. The lowest BCUT2D eigenvalue weighted by Crippen LogP contribution is -2.07. The van der Waals surface area contributed by atoms with Gasteiger partial charge in [0.25, 0.3) is 0 Å². The van der Waals surface area contributed by atoms with Crippen LogP contribution in [-0.2, 0) is 4.74 Å². The highest BCUT2D eigenvalue weighted by Crippen LogP contribution is 2.26. The van der Waals surface area contributed by atoms with Gasteiger partial charge in [-0.1, -0.05) is 6.92 Å². The van der Waals surface area contributed by atoms with Crippen molar-refractivity contribution in [1.82, 2.24) is 0 Å². The van der Waals surface area contributed by atoms with Gasteiger partial charge in [-0.05, 0) is 25.5 Å². The molecule has 0 aliphatic heterocycles. The Bertz CT molecular complexity index is 328. The van der Waals surface area contributed by atoms with E-state index in [0.717, 1.165) is 18.8 Å². The summed E-state index contributed by atoms with van der Waals surface area (Å²) in [6.45, 7) is 6.50. The molecule has 1 rings (SSSR count). The zero-order chi connectivity index (χ0) is 12.5. The van der Waals surface area contributed by atoms with Crippen LogP contribution in [0.3, 0.4) is 0 Å². The van der Waals surface area contributed by atoms with Crippen LogP contribution < -0.4 is 15.2 Å². The van der Waals surface area contributed by atoms with Crippen LogP contribution in [0.4, 0.5) is 5.69 Å². The first-order chi connectivity index (χ1) is 8.27. The molecule has 0 heterocycles. The molecule has 1 aromatic rings. The highest BCUT2D eigenvalue weighted by Gasteiger charge is 2.02. The smallest absolute Gasteiger partial charge is 0.145 e. The van der Waals surface area contributed by atoms with Crippen LogP contribution in [0.5, 0.6) is 11.5 Å². The fourth-order valence-electron chi connectivity index (χ4n) is 1.35. The molecule has 0 saturated heterocycles. The zero-order valence-corrected chi connectivity index (χ0v) is 10.6. The fraction of sp³-hybridized carbons (Fsp3) is 0.538. The normalized spacial score (nSPS) is 10.2. The minimum atomic E-state index is 0.537. The molecule has 2 N–H and O–H groups in total. The molecule has 96 valence electrons. The topological polar surface area (TPSA) is 53.7 Å². The first-order valence-corrected chi connectivity index (χ1v) is 6.00. The maximum atomic E-state index is 5.76. The van der Waals surface area contributed by atoms with Crippen molar-refractivity contribution in [2.24, 2.45) is 0 Å². The summed E-state index contributed by atoms with van der Waals surface area (Å²) in [6.07, 6.45) is 1.02. The summed E-state index contributed by atoms with van der Waals surface area (Å²) >= 11 is 0. The Morgan fingerprint density at radius 3 is 2.59 bits per heavy atom. The Morgan fingerprint density at radius 1 is 1.06 bits per heavy atom. The summed E-state index contributed by atoms with van der Waals surface area (Å²) in [4.78, 5) is 0. The van der Waals surface area contributed by atoms with Crippen molar-refractivity contribution in [2.45, 2.75) is 20.3 Å². The number of rotatable bonds is 8. The van der Waals surface area contributed by atoms with Gasteiger partial charge in [0.15, 0.2) is 0 Å². The van der Waals surface area contributed by atoms with E-state index in [1.165, 1.54) is 0 Å². The molecule has 17 heavy (non-hydrogen) atoms. The lowest BCUT2D eigenvalue weighted by atomic mass is 10.3. The second-order valence-electron chi connectivity index (χ2n) is 3.59. The second kappa shape index (κ2) is 7.79. The van der Waals surface area contributed by atoms with Crippen LogP contribution in [0.2, 0.25) is 0 Å². The lowest BCUT2D eigenvalue weighted by Gasteiger charge is -2.10. The Hall–Kier alpha value is -1.42. The van der Waals surface area contributed by atoms with Gasteiger partial charge < -0.3 is 19.9 Å². The van der Waals surface area contributed by atoms with Crippen molar-refractivity contribution in [2.75, 3.05) is 32.2 Å². The number of ether oxygens (including phenoxy) is 3. The second-order valence-corrected chi connectivity index (χ2v) is 3.59. The van der Waals surface area contributed by atoms with Crippen molar-refractivity contribution in [3.05, 3.63) is 18.2 Å². The molecule has 0 saturated carbocycles. The molecular weight excluding hydrogens is 218 g/mol. The molecular formula is C13H21NO3. The number of benzene rings is 1. The molecule has 0 aliphatic carbocycles. The van der Waals surface area contributed by atoms with Crippen molar-refractivity contribution in [3.63, 3.8) is 0 Å². The highest BCUT2D eigenvalue weighted by atomic mass is 16.5. The molecule has 0 aliphatic rings. The number of hydrogen-bond donors (Lipinski definition) is 1. The van der Waals surface area contributed by atoms with E-state index in [0.29, 0.717) is 31.3 Å². The molecule has 4 heteroatoms. The number of nitrogen functional groups attached to an aromatic ring is 1. The lowest BCUT2D eigenvalue weighted by molar-refractivity contribution is 0.100. The van der Waals surface area contributed by atoms with Crippen molar-refractivity contribution < 1.29 is 14.2 Å². The first-order valence-electron chi connectivity index (χ1n) is 6.00. The van der Waals surface area contributed by atoms with Crippen LogP contribution in [-0.4, -0.2) is 26.4 Å². The van der Waals surface area contributed by atoms with E-state index in [1.807, 2.05) is 13.0 Å². The average Bonchev–Trinajstić information content (AvgIpc) is 2.33. The minimum Gasteiger partial charge on any atom is -0.492 e. The van der Waals surface area contributed by atoms with E-state index in [4.69, 9.17) is 19.9 Å². The third-order valence-corrected chi connectivity index (χ3v) is 2.13. The van der Waals surface area contributed by atoms with E-state index in [2.05, 4.69) is 6.92 Å². The van der Waals surface area contributed by atoms with Gasteiger partial charge in [0.05, 0.1) is 18.9 Å². The molecule has 0 fully saturated rings. The molecule has 0 spiro atoms. The van der Waals surface area contributed by atoms with Gasteiger partial charge in [-0.3, -0.25) is 0 Å². The summed E-state index contributed by atoms with van der Waals surface area (Å²) in [7, 11) is 0. The van der Waals surface area contributed by atoms with Crippen molar-refractivity contribution in [3.8, 4) is 11.5 Å². The van der Waals surface area contributed by atoms with Crippen molar-refractivity contribution >= 4 is 5.69 Å². The van der Waals surface area contributed by atoms with Gasteiger partial charge in [0, 0.05) is 12.7 Å². The van der Waals surface area contributed by atoms with E-state index in [1.54, 1.807) is 12.1 Å². The summed E-state index contributed by atoms with van der Waals surface area (Å²) < 4.78 is 16.2. The van der Waals surface area contributed by atoms with Gasteiger partial charge in [-0.15, -0.1) is 0 Å². The summed E-state index contributed by atoms with van der Waals surface area (Å²) in [5.74, 6) is 1.42. The predicted molar refractivity (Wildman–Crippen MR) is 68.6 cm³/mol. The molecule has 0 bridgehead atoms. The molecule has 0 unspecified atom stereocenters. The molecule has 0 atom stereocenters. The molecule has 1 aromatic carbocycles. The van der Waals surface area contributed by atoms with Crippen LogP contribution in [0.25, 0.3) is 0 Å². The van der Waals surface area contributed by atoms with Gasteiger partial charge in [-0.2, -0.15) is 0 Å². The van der Waals surface area contributed by atoms with E-state index >= 15 is 0 Å². The molecule has 0 aromatic heterocycles. The third-order valence-electron chi connectivity index (χ3n) is 2.13. The van der Waals surface area contributed by atoms with Crippen LogP contribution in [0.15, 0.2) is 18.2 Å². The average molecular weight is 239 g/mol. The number of nitrogens with two attached hydrogens (primary N) is 1. The maximum Gasteiger partial charge on any atom is 0.145 e. The Kier molecular flexibility index (Phi) is 6.25. The zero-order valence-electron chi connectivity index (χ0n) is 10.6. The van der Waals surface area contributed by atoms with E-state index in [-0.39, 0.29) is 0 Å². The minimum absolute atomic E-state index is 0.537. The van der Waals surface area contributed by atoms with Gasteiger partial charge in [0.1, 0.15) is 18.1 Å². The molecule has 0 radical (unpaired) electrons. The monoisotopic (exact) mass is 239 g/mol. The largest absolute Gasteiger partial charge is 0.492 e. The summed E-state index contributed by atoms with van der Waals surface area (Å²) in [6, 6.07) is 5.42. The van der Waals surface area contributed by atoms with Crippen LogP contribution in [0.1, 0.15) is 20.3 Å². The highest BCUT2D eigenvalue weighted by molar-refractivity contribution is 5.55. The van der Waals surface area contributed by atoms with Crippen LogP contribution in [0, 0.1) is 0 Å². The summed E-state index contributed by atoms with van der Waals surface area (Å²) in [5.41, 5.74) is 6.39. The predicted octanol–water partition coefficient (Wildman–Crippen LogP) is 2.47. The van der Waals surface area contributed by atoms with Gasteiger partial charge >= 0.3 is 0 Å². The number of anilines is 1. The standard InChI is InChI=1S/C13H21NO3/c1-3-7-15-8-9-17-11-5-6-12(14)13(10-11)16-4-2/h5-6,10H,3-4,7-9,14H2,1-2H3. The van der Waals surface area contributed by atoms with Crippen molar-refractivity contribution in [1.29, 1.82) is 0 Å². The van der Waals surface area contributed by atoms with E-state index in [9.17, 15) is 0 Å². The fourth-order valence-corrected chi connectivity index (χ4v) is 1.35. The Morgan fingerprint density at radius 2 is 1.88 bits per heavy atom. The molecule has 0 amide bonds. The number of hydrogen-bond acceptors (Lipinski definition) is 4. The van der Waals surface area contributed by atoms with Crippen LogP contribution >= 0.6 is 0 Å². The van der Waals surface area contributed by atoms with Gasteiger partial charge in [-0.25, -0.2) is 0 Å². The Balaban J connectivity index is 2.40. The quantitative estimate of drug-likeness (QED) is 0.559. The SMILES string of the molecule is CCCOCCOc1ccc(N)c(OCC)c1. The maximum absolute atomic E-state index is 5.76. The Labute approximate surface area is 103 Å². The van der Waals surface area contributed by atoms with E-state index < -0.39 is 0 Å². The molecule has 4 nitrogen and oxygen atoms in total.